The van der Waals surface area contributed by atoms with E-state index in [-0.39, 0.29) is 16.6 Å². The minimum Gasteiger partial charge on any atom is -0.347 e. The van der Waals surface area contributed by atoms with Gasteiger partial charge in [0.1, 0.15) is 5.82 Å². The van der Waals surface area contributed by atoms with E-state index in [0.717, 1.165) is 36.8 Å². The first-order valence-corrected chi connectivity index (χ1v) is 12.4. The molecule has 1 amide bonds. The molecule has 1 aliphatic carbocycles. The number of hydrogen-bond acceptors (Lipinski definition) is 3. The molecule has 1 fully saturated rings. The van der Waals surface area contributed by atoms with Crippen molar-refractivity contribution in [1.82, 2.24) is 9.62 Å². The molecule has 0 atom stereocenters. The Morgan fingerprint density at radius 2 is 1.58 bits per heavy atom. The summed E-state index contributed by atoms with van der Waals surface area (Å²) in [5.41, 5.74) is 1.44. The molecule has 2 aromatic rings. The zero-order valence-corrected chi connectivity index (χ0v) is 19.1. The predicted molar refractivity (Wildman–Crippen MR) is 120 cm³/mol. The minimum atomic E-state index is -3.48. The fourth-order valence-electron chi connectivity index (χ4n) is 4.36. The van der Waals surface area contributed by atoms with Gasteiger partial charge in [0.2, 0.25) is 15.9 Å². The van der Waals surface area contributed by atoms with Gasteiger partial charge in [-0.1, -0.05) is 51.0 Å². The van der Waals surface area contributed by atoms with Crippen molar-refractivity contribution in [2.75, 3.05) is 13.1 Å². The average molecular weight is 447 g/mol. The molecule has 2 aromatic carbocycles. The summed E-state index contributed by atoms with van der Waals surface area (Å²) in [6.07, 6.45) is 4.59. The van der Waals surface area contributed by atoms with E-state index >= 15 is 0 Å². The molecule has 0 heterocycles. The van der Waals surface area contributed by atoms with Crippen LogP contribution in [0.3, 0.4) is 0 Å². The first-order valence-electron chi connectivity index (χ1n) is 11.0. The van der Waals surface area contributed by atoms with E-state index in [1.165, 1.54) is 16.4 Å². The van der Waals surface area contributed by atoms with E-state index in [2.05, 4.69) is 5.32 Å². The standard InChI is InChI=1S/C24H31FN2O3S/c1-3-27(4-2)31(29,30)22-14-7-19(8-15-22)9-16-23(28)26-24(17-5-6-18-24)20-10-12-21(25)13-11-20/h7-8,10-15H,3-6,9,16-18H2,1-2H3,(H,26,28). The summed E-state index contributed by atoms with van der Waals surface area (Å²) in [5, 5.41) is 3.20. The van der Waals surface area contributed by atoms with E-state index in [4.69, 9.17) is 0 Å². The number of rotatable bonds is 9. The van der Waals surface area contributed by atoms with Gasteiger partial charge in [-0.15, -0.1) is 0 Å². The maximum Gasteiger partial charge on any atom is 0.243 e. The third-order valence-corrected chi connectivity index (χ3v) is 8.20. The van der Waals surface area contributed by atoms with Crippen molar-refractivity contribution in [2.45, 2.75) is 62.8 Å². The van der Waals surface area contributed by atoms with Crippen LogP contribution in [0.2, 0.25) is 0 Å². The zero-order valence-electron chi connectivity index (χ0n) is 18.2. The lowest BCUT2D eigenvalue weighted by atomic mass is 9.88. The maximum absolute atomic E-state index is 13.3. The van der Waals surface area contributed by atoms with Gasteiger partial charge in [-0.2, -0.15) is 4.31 Å². The van der Waals surface area contributed by atoms with Gasteiger partial charge < -0.3 is 5.32 Å². The van der Waals surface area contributed by atoms with E-state index in [0.29, 0.717) is 25.9 Å². The van der Waals surface area contributed by atoms with Crippen molar-refractivity contribution in [2.24, 2.45) is 0 Å². The molecule has 0 aromatic heterocycles. The van der Waals surface area contributed by atoms with Crippen LogP contribution in [0.5, 0.6) is 0 Å². The Balaban J connectivity index is 1.63. The number of benzene rings is 2. The molecular formula is C24H31FN2O3S. The number of aryl methyl sites for hydroxylation is 1. The van der Waals surface area contributed by atoms with Crippen LogP contribution in [-0.2, 0) is 26.8 Å². The van der Waals surface area contributed by atoms with E-state index in [1.54, 1.807) is 36.4 Å². The van der Waals surface area contributed by atoms with Crippen LogP contribution < -0.4 is 5.32 Å². The third-order valence-electron chi connectivity index (χ3n) is 6.14. The molecule has 31 heavy (non-hydrogen) atoms. The lowest BCUT2D eigenvalue weighted by molar-refractivity contribution is -0.123. The van der Waals surface area contributed by atoms with Crippen LogP contribution >= 0.6 is 0 Å². The van der Waals surface area contributed by atoms with E-state index in [9.17, 15) is 17.6 Å². The Hall–Kier alpha value is -2.25. The summed E-state index contributed by atoms with van der Waals surface area (Å²) in [5.74, 6) is -0.333. The SMILES string of the molecule is CCN(CC)S(=O)(=O)c1ccc(CCC(=O)NC2(c3ccc(F)cc3)CCCC2)cc1. The minimum absolute atomic E-state index is 0.0499. The fourth-order valence-corrected chi connectivity index (χ4v) is 5.82. The van der Waals surface area contributed by atoms with Crippen LogP contribution in [0.25, 0.3) is 0 Å². The van der Waals surface area contributed by atoms with Gasteiger partial charge in [0.05, 0.1) is 10.4 Å². The Morgan fingerprint density at radius 1 is 1.00 bits per heavy atom. The monoisotopic (exact) mass is 446 g/mol. The molecule has 5 nitrogen and oxygen atoms in total. The van der Waals surface area contributed by atoms with Crippen molar-refractivity contribution in [3.63, 3.8) is 0 Å². The number of sulfonamides is 1. The number of amides is 1. The van der Waals surface area contributed by atoms with Gasteiger partial charge >= 0.3 is 0 Å². The van der Waals surface area contributed by atoms with Crippen LogP contribution in [0.1, 0.15) is 57.1 Å². The quantitative estimate of drug-likeness (QED) is 0.622. The number of halogens is 1. The average Bonchev–Trinajstić information content (AvgIpc) is 3.23. The topological polar surface area (TPSA) is 66.5 Å². The van der Waals surface area contributed by atoms with Crippen molar-refractivity contribution in [1.29, 1.82) is 0 Å². The van der Waals surface area contributed by atoms with Gasteiger partial charge in [-0.3, -0.25) is 4.79 Å². The molecule has 168 valence electrons. The summed E-state index contributed by atoms with van der Waals surface area (Å²) >= 11 is 0. The van der Waals surface area contributed by atoms with Gasteiger partial charge in [-0.25, -0.2) is 12.8 Å². The van der Waals surface area contributed by atoms with E-state index in [1.807, 2.05) is 13.8 Å². The molecule has 0 spiro atoms. The summed E-state index contributed by atoms with van der Waals surface area (Å²) in [6, 6.07) is 13.2. The number of hydrogen-bond donors (Lipinski definition) is 1. The lowest BCUT2D eigenvalue weighted by Gasteiger charge is -2.31. The number of nitrogens with one attached hydrogen (secondary N) is 1. The summed E-state index contributed by atoms with van der Waals surface area (Å²) in [7, 11) is -3.48. The summed E-state index contributed by atoms with van der Waals surface area (Å²) < 4.78 is 39.9. The predicted octanol–water partition coefficient (Wildman–Crippen LogP) is 4.37. The smallest absolute Gasteiger partial charge is 0.243 e. The van der Waals surface area contributed by atoms with Gasteiger partial charge in [0.25, 0.3) is 0 Å². The second kappa shape index (κ2) is 9.92. The zero-order chi connectivity index (χ0) is 22.5. The van der Waals surface area contributed by atoms with Crippen LogP contribution in [0, 0.1) is 5.82 Å². The maximum atomic E-state index is 13.3. The Morgan fingerprint density at radius 3 is 2.13 bits per heavy atom. The highest BCUT2D eigenvalue weighted by Gasteiger charge is 2.36. The highest BCUT2D eigenvalue weighted by molar-refractivity contribution is 7.89. The summed E-state index contributed by atoms with van der Waals surface area (Å²) in [4.78, 5) is 13.0. The summed E-state index contributed by atoms with van der Waals surface area (Å²) in [6.45, 7) is 4.49. The second-order valence-corrected chi connectivity index (χ2v) is 10.0. The molecule has 7 heteroatoms. The first kappa shape index (κ1) is 23.4. The van der Waals surface area contributed by atoms with Crippen LogP contribution in [0.15, 0.2) is 53.4 Å². The number of carbonyl (C=O) groups excluding carboxylic acids is 1. The lowest BCUT2D eigenvalue weighted by Crippen LogP contribution is -2.43. The molecule has 0 aliphatic heterocycles. The highest BCUT2D eigenvalue weighted by Crippen LogP contribution is 2.38. The Labute approximate surface area is 184 Å². The van der Waals surface area contributed by atoms with Gasteiger partial charge in [0.15, 0.2) is 0 Å². The highest BCUT2D eigenvalue weighted by atomic mass is 32.2. The molecule has 3 rings (SSSR count). The first-order chi connectivity index (χ1) is 14.8. The molecule has 0 saturated heterocycles. The molecule has 0 bridgehead atoms. The van der Waals surface area contributed by atoms with Gasteiger partial charge in [0, 0.05) is 19.5 Å². The van der Waals surface area contributed by atoms with Crippen molar-refractivity contribution in [3.05, 3.63) is 65.5 Å². The normalized spacial score (nSPS) is 15.9. The molecule has 1 saturated carbocycles. The largest absolute Gasteiger partial charge is 0.347 e. The molecule has 1 aliphatic rings. The second-order valence-electron chi connectivity index (χ2n) is 8.08. The van der Waals surface area contributed by atoms with Crippen LogP contribution in [0.4, 0.5) is 4.39 Å². The van der Waals surface area contributed by atoms with Crippen molar-refractivity contribution >= 4 is 15.9 Å². The Bertz CT molecular complexity index is 978. The van der Waals surface area contributed by atoms with Gasteiger partial charge in [-0.05, 0) is 54.7 Å². The fraction of sp³-hybridized carbons (Fsp3) is 0.458. The number of carbonyl (C=O) groups is 1. The van der Waals surface area contributed by atoms with Crippen molar-refractivity contribution < 1.29 is 17.6 Å². The molecule has 0 unspecified atom stereocenters. The van der Waals surface area contributed by atoms with Crippen LogP contribution in [-0.4, -0.2) is 31.7 Å². The molecule has 1 N–H and O–H groups in total. The van der Waals surface area contributed by atoms with Crippen molar-refractivity contribution in [3.8, 4) is 0 Å². The molecule has 0 radical (unpaired) electrons. The van der Waals surface area contributed by atoms with E-state index < -0.39 is 15.6 Å². The number of nitrogens with zero attached hydrogens (tertiary/aromatic N) is 1. The Kier molecular flexibility index (Phi) is 7.49. The third kappa shape index (κ3) is 5.33. The molecular weight excluding hydrogens is 415 g/mol.